The van der Waals surface area contributed by atoms with Gasteiger partial charge in [-0.15, -0.1) is 11.3 Å². The van der Waals surface area contributed by atoms with Gasteiger partial charge in [-0.05, 0) is 32.8 Å². The van der Waals surface area contributed by atoms with Crippen LogP contribution in [0.4, 0.5) is 0 Å². The number of hydrogen-bond acceptors (Lipinski definition) is 4. The van der Waals surface area contributed by atoms with Crippen molar-refractivity contribution in [3.8, 4) is 0 Å². The predicted octanol–water partition coefficient (Wildman–Crippen LogP) is 3.76. The van der Waals surface area contributed by atoms with Crippen LogP contribution in [-0.2, 0) is 9.59 Å². The fourth-order valence-electron chi connectivity index (χ4n) is 3.26. The molecule has 3 N–H and O–H groups in total. The number of halogens is 1. The molecule has 0 saturated heterocycles. The topological polar surface area (TPSA) is 95.5 Å². The third-order valence-corrected chi connectivity index (χ3v) is 6.63. The van der Waals surface area contributed by atoms with Gasteiger partial charge < -0.3 is 5.11 Å². The average Bonchev–Trinajstić information content (AvgIpc) is 2.98. The van der Waals surface area contributed by atoms with Crippen LogP contribution in [0.3, 0.4) is 0 Å². The Bertz CT molecular complexity index is 966. The number of amides is 2. The Morgan fingerprint density at radius 3 is 2.33 bits per heavy atom. The lowest BCUT2D eigenvalue weighted by Gasteiger charge is -2.29. The molecule has 2 aromatic rings. The number of benzene rings is 1. The van der Waals surface area contributed by atoms with Crippen molar-refractivity contribution in [2.45, 2.75) is 26.7 Å². The summed E-state index contributed by atoms with van der Waals surface area (Å²) in [7, 11) is 0. The molecule has 0 spiro atoms. The second kappa shape index (κ2) is 7.70. The van der Waals surface area contributed by atoms with Gasteiger partial charge in [0, 0.05) is 10.1 Å². The molecule has 142 valence electrons. The van der Waals surface area contributed by atoms with Crippen LogP contribution in [-0.4, -0.2) is 22.9 Å². The number of thiophene rings is 1. The Hall–Kier alpha value is -2.38. The Labute approximate surface area is 165 Å². The minimum Gasteiger partial charge on any atom is -0.481 e. The molecule has 0 aliphatic heterocycles. The van der Waals surface area contributed by atoms with Gasteiger partial charge in [0.1, 0.15) is 4.88 Å². The Morgan fingerprint density at radius 1 is 1.07 bits per heavy atom. The molecule has 0 radical (unpaired) electrons. The number of carboxylic acids is 1. The third-order valence-electron chi connectivity index (χ3n) is 4.96. The highest BCUT2D eigenvalue weighted by Crippen LogP contribution is 2.36. The van der Waals surface area contributed by atoms with Gasteiger partial charge in [-0.2, -0.15) is 0 Å². The molecule has 1 heterocycles. The first kappa shape index (κ1) is 19.4. The Kier molecular flexibility index (Phi) is 5.53. The van der Waals surface area contributed by atoms with Crippen LogP contribution in [0.15, 0.2) is 35.4 Å². The lowest BCUT2D eigenvalue weighted by atomic mass is 9.76. The molecular weight excluding hydrogens is 388 g/mol. The minimum atomic E-state index is -1.01. The average molecular weight is 407 g/mol. The van der Waals surface area contributed by atoms with Crippen LogP contribution in [0.5, 0.6) is 0 Å². The van der Waals surface area contributed by atoms with E-state index in [1.165, 1.54) is 11.3 Å². The van der Waals surface area contributed by atoms with E-state index in [4.69, 9.17) is 11.6 Å². The summed E-state index contributed by atoms with van der Waals surface area (Å²) in [5.41, 5.74) is 6.73. The molecule has 0 unspecified atom stereocenters. The zero-order valence-electron chi connectivity index (χ0n) is 14.8. The van der Waals surface area contributed by atoms with Crippen molar-refractivity contribution in [1.29, 1.82) is 0 Å². The Balaban J connectivity index is 1.71. The summed E-state index contributed by atoms with van der Waals surface area (Å²) in [5, 5.41) is 10.5. The Morgan fingerprint density at radius 2 is 1.70 bits per heavy atom. The zero-order chi connectivity index (χ0) is 19.7. The van der Waals surface area contributed by atoms with Gasteiger partial charge in [0.25, 0.3) is 5.91 Å². The summed E-state index contributed by atoms with van der Waals surface area (Å²) in [6, 6.07) is 7.36. The SMILES string of the molecule is CC1=C(C)C[C@@H](C(=O)O)[C@@H](C(=O)NNC(=O)c2sc3ccccc3c2Cl)C1. The maximum Gasteiger partial charge on any atom is 0.307 e. The normalized spacial score (nSPS) is 19.8. The number of aliphatic carboxylic acids is 1. The van der Waals surface area contributed by atoms with E-state index in [2.05, 4.69) is 10.9 Å². The first-order valence-electron chi connectivity index (χ1n) is 8.44. The summed E-state index contributed by atoms with van der Waals surface area (Å²) >= 11 is 7.50. The molecule has 0 saturated carbocycles. The van der Waals surface area contributed by atoms with Gasteiger partial charge in [0.2, 0.25) is 5.91 Å². The van der Waals surface area contributed by atoms with Crippen molar-refractivity contribution in [1.82, 2.24) is 10.9 Å². The van der Waals surface area contributed by atoms with E-state index in [1.54, 1.807) is 0 Å². The molecule has 2 atom stereocenters. The highest BCUT2D eigenvalue weighted by Gasteiger charge is 2.37. The van der Waals surface area contributed by atoms with Crippen LogP contribution in [0.1, 0.15) is 36.4 Å². The number of nitrogens with one attached hydrogen (secondary N) is 2. The van der Waals surface area contributed by atoms with E-state index in [-0.39, 0.29) is 0 Å². The van der Waals surface area contributed by atoms with Crippen molar-refractivity contribution in [3.63, 3.8) is 0 Å². The summed E-state index contributed by atoms with van der Waals surface area (Å²) in [6.07, 6.45) is 0.684. The summed E-state index contributed by atoms with van der Waals surface area (Å²) < 4.78 is 0.869. The first-order chi connectivity index (χ1) is 12.8. The van der Waals surface area contributed by atoms with Crippen molar-refractivity contribution in [2.75, 3.05) is 0 Å². The maximum atomic E-state index is 12.5. The number of carboxylic acid groups (broad SMARTS) is 1. The van der Waals surface area contributed by atoms with Crippen molar-refractivity contribution in [3.05, 3.63) is 45.3 Å². The molecule has 0 fully saturated rings. The lowest BCUT2D eigenvalue weighted by molar-refractivity contribution is -0.147. The fourth-order valence-corrected chi connectivity index (χ4v) is 4.67. The summed E-state index contributed by atoms with van der Waals surface area (Å²) in [4.78, 5) is 36.8. The van der Waals surface area contributed by atoms with Crippen LogP contribution in [0.25, 0.3) is 10.1 Å². The molecule has 2 amide bonds. The van der Waals surface area contributed by atoms with Gasteiger partial charge in [0.05, 0.1) is 16.9 Å². The molecule has 27 heavy (non-hydrogen) atoms. The van der Waals surface area contributed by atoms with Gasteiger partial charge in [0.15, 0.2) is 0 Å². The van der Waals surface area contributed by atoms with Gasteiger partial charge in [-0.25, -0.2) is 0 Å². The first-order valence-corrected chi connectivity index (χ1v) is 9.64. The molecule has 0 bridgehead atoms. The molecular formula is C19H19ClN2O4S. The van der Waals surface area contributed by atoms with Gasteiger partial charge in [-0.3, -0.25) is 25.2 Å². The molecule has 3 rings (SSSR count). The summed E-state index contributed by atoms with van der Waals surface area (Å²) in [5.74, 6) is -3.59. The lowest BCUT2D eigenvalue weighted by Crippen LogP contribution is -2.47. The number of fused-ring (bicyclic) bond motifs is 1. The number of carbonyl (C=O) groups is 3. The second-order valence-electron chi connectivity index (χ2n) is 6.70. The monoisotopic (exact) mass is 406 g/mol. The van der Waals surface area contributed by atoms with Crippen molar-refractivity contribution >= 4 is 50.8 Å². The highest BCUT2D eigenvalue weighted by atomic mass is 35.5. The smallest absolute Gasteiger partial charge is 0.307 e. The molecule has 8 heteroatoms. The molecule has 6 nitrogen and oxygen atoms in total. The largest absolute Gasteiger partial charge is 0.481 e. The predicted molar refractivity (Wildman–Crippen MR) is 105 cm³/mol. The molecule has 1 aromatic carbocycles. The number of carbonyl (C=O) groups excluding carboxylic acids is 2. The standard InChI is InChI=1S/C19H19ClN2O4S/c1-9-7-12(13(19(25)26)8-10(9)2)17(23)21-22-18(24)16-15(20)11-5-3-4-6-14(11)27-16/h3-6,12-13H,7-8H2,1-2H3,(H,21,23)(H,22,24)(H,25,26)/t12-,13+/m0/s1. The van der Waals surface area contributed by atoms with Crippen molar-refractivity contribution in [2.24, 2.45) is 11.8 Å². The zero-order valence-corrected chi connectivity index (χ0v) is 16.4. The number of allylic oxidation sites excluding steroid dienone is 2. The second-order valence-corrected chi connectivity index (χ2v) is 8.13. The van der Waals surface area contributed by atoms with Gasteiger partial charge >= 0.3 is 5.97 Å². The van der Waals surface area contributed by atoms with Crippen LogP contribution >= 0.6 is 22.9 Å². The molecule has 1 aromatic heterocycles. The van der Waals surface area contributed by atoms with Gasteiger partial charge in [-0.1, -0.05) is 40.9 Å². The number of hydrazine groups is 1. The van der Waals surface area contributed by atoms with E-state index in [0.29, 0.717) is 22.7 Å². The van der Waals surface area contributed by atoms with E-state index in [9.17, 15) is 19.5 Å². The number of rotatable bonds is 3. The third kappa shape index (κ3) is 3.84. The summed E-state index contributed by atoms with van der Waals surface area (Å²) in [6.45, 7) is 3.77. The molecule has 1 aliphatic rings. The fraction of sp³-hybridized carbons (Fsp3) is 0.316. The molecule has 1 aliphatic carbocycles. The quantitative estimate of drug-likeness (QED) is 0.534. The van der Waals surface area contributed by atoms with E-state index in [1.807, 2.05) is 38.1 Å². The minimum absolute atomic E-state index is 0.295. The van der Waals surface area contributed by atoms with E-state index >= 15 is 0 Å². The number of hydrogen-bond donors (Lipinski definition) is 3. The van der Waals surface area contributed by atoms with Crippen LogP contribution in [0, 0.1) is 11.8 Å². The van der Waals surface area contributed by atoms with Crippen molar-refractivity contribution < 1.29 is 19.5 Å². The maximum absolute atomic E-state index is 12.5. The van der Waals surface area contributed by atoms with Crippen LogP contribution in [0.2, 0.25) is 5.02 Å². The highest BCUT2D eigenvalue weighted by molar-refractivity contribution is 7.21. The van der Waals surface area contributed by atoms with Crippen LogP contribution < -0.4 is 10.9 Å². The van der Waals surface area contributed by atoms with E-state index in [0.717, 1.165) is 21.2 Å². The van der Waals surface area contributed by atoms with E-state index < -0.39 is 29.6 Å².